The van der Waals surface area contributed by atoms with Crippen LogP contribution in [0.15, 0.2) is 80.9 Å². The lowest BCUT2D eigenvalue weighted by Crippen LogP contribution is -2.40. The van der Waals surface area contributed by atoms with Crippen molar-refractivity contribution < 1.29 is 14.1 Å². The van der Waals surface area contributed by atoms with Crippen LogP contribution in [0.2, 0.25) is 0 Å². The van der Waals surface area contributed by atoms with Gasteiger partial charge in [0.2, 0.25) is 5.91 Å². The van der Waals surface area contributed by atoms with E-state index in [0.29, 0.717) is 22.2 Å². The summed E-state index contributed by atoms with van der Waals surface area (Å²) in [4.78, 5) is 49.0. The van der Waals surface area contributed by atoms with Gasteiger partial charge in [0.1, 0.15) is 5.76 Å². The maximum Gasteiger partial charge on any atom is 0.331 e. The Hall–Kier alpha value is -4.47. The number of nitro groups is 1. The molecule has 174 valence electrons. The number of amides is 1. The SMILES string of the molecule is O=C(CCCn1c(=O)c2ccccc2n(Cc2cccc([N+](=O)[O-])c2)c1=O)NCc1ccco1. The fourth-order valence-electron chi connectivity index (χ4n) is 3.76. The summed E-state index contributed by atoms with van der Waals surface area (Å²) in [6.07, 6.45) is 1.94. The molecule has 34 heavy (non-hydrogen) atoms. The smallest absolute Gasteiger partial charge is 0.331 e. The molecular formula is C24H22N4O6. The van der Waals surface area contributed by atoms with Gasteiger partial charge in [-0.25, -0.2) is 4.79 Å². The van der Waals surface area contributed by atoms with Crippen molar-refractivity contribution in [2.45, 2.75) is 32.5 Å². The second kappa shape index (κ2) is 9.99. The zero-order valence-corrected chi connectivity index (χ0v) is 18.2. The molecule has 0 saturated carbocycles. The third-order valence-electron chi connectivity index (χ3n) is 5.42. The van der Waals surface area contributed by atoms with Crippen LogP contribution in [-0.2, 0) is 24.4 Å². The summed E-state index contributed by atoms with van der Waals surface area (Å²) in [6.45, 7) is 0.383. The van der Waals surface area contributed by atoms with Gasteiger partial charge in [-0.05, 0) is 36.2 Å². The molecule has 10 heteroatoms. The summed E-state index contributed by atoms with van der Waals surface area (Å²) < 4.78 is 7.70. The zero-order chi connectivity index (χ0) is 24.1. The summed E-state index contributed by atoms with van der Waals surface area (Å²) in [5, 5.41) is 14.2. The molecule has 2 heterocycles. The summed E-state index contributed by atoms with van der Waals surface area (Å²) in [5.74, 6) is 0.408. The van der Waals surface area contributed by atoms with E-state index in [-0.39, 0.29) is 44.1 Å². The normalized spacial score (nSPS) is 10.9. The lowest BCUT2D eigenvalue weighted by molar-refractivity contribution is -0.384. The predicted octanol–water partition coefficient (Wildman–Crippen LogP) is 2.81. The first-order valence-electron chi connectivity index (χ1n) is 10.7. The van der Waals surface area contributed by atoms with Crippen LogP contribution in [0.5, 0.6) is 0 Å². The van der Waals surface area contributed by atoms with Gasteiger partial charge in [0, 0.05) is 25.1 Å². The molecule has 0 radical (unpaired) electrons. The number of benzene rings is 2. The summed E-state index contributed by atoms with van der Waals surface area (Å²) in [5.41, 5.74) is -0.0535. The third-order valence-corrected chi connectivity index (χ3v) is 5.42. The number of carbonyl (C=O) groups is 1. The van der Waals surface area contributed by atoms with Crippen LogP contribution in [-0.4, -0.2) is 20.0 Å². The van der Waals surface area contributed by atoms with E-state index in [9.17, 15) is 24.5 Å². The van der Waals surface area contributed by atoms with E-state index in [4.69, 9.17) is 4.42 Å². The van der Waals surface area contributed by atoms with Crippen molar-refractivity contribution in [3.8, 4) is 0 Å². The van der Waals surface area contributed by atoms with Crippen LogP contribution >= 0.6 is 0 Å². The number of hydrogen-bond donors (Lipinski definition) is 1. The van der Waals surface area contributed by atoms with Gasteiger partial charge in [0.25, 0.3) is 11.2 Å². The van der Waals surface area contributed by atoms with Crippen molar-refractivity contribution in [1.29, 1.82) is 0 Å². The summed E-state index contributed by atoms with van der Waals surface area (Å²) >= 11 is 0. The summed E-state index contributed by atoms with van der Waals surface area (Å²) in [7, 11) is 0. The Morgan fingerprint density at radius 2 is 1.85 bits per heavy atom. The van der Waals surface area contributed by atoms with Gasteiger partial charge in [-0.2, -0.15) is 0 Å². The standard InChI is InChI=1S/C24H22N4O6/c29-22(25-15-19-8-5-13-34-19)11-4-12-26-23(30)20-9-1-2-10-21(20)27(24(26)31)16-17-6-3-7-18(14-17)28(32)33/h1-3,5-10,13-14H,4,11-12,15-16H2,(H,25,29). The van der Waals surface area contributed by atoms with Crippen molar-refractivity contribution in [2.75, 3.05) is 0 Å². The summed E-state index contributed by atoms with van der Waals surface area (Å²) in [6, 6.07) is 16.2. The topological polar surface area (TPSA) is 129 Å². The van der Waals surface area contributed by atoms with Crippen LogP contribution in [0.3, 0.4) is 0 Å². The molecule has 0 aliphatic rings. The molecule has 0 spiro atoms. The van der Waals surface area contributed by atoms with E-state index in [1.54, 1.807) is 48.5 Å². The van der Waals surface area contributed by atoms with Crippen molar-refractivity contribution in [3.63, 3.8) is 0 Å². The highest BCUT2D eigenvalue weighted by Crippen LogP contribution is 2.16. The number of hydrogen-bond acceptors (Lipinski definition) is 6. The maximum absolute atomic E-state index is 13.3. The van der Waals surface area contributed by atoms with Crippen LogP contribution in [0.25, 0.3) is 10.9 Å². The van der Waals surface area contributed by atoms with E-state index < -0.39 is 16.2 Å². The van der Waals surface area contributed by atoms with Crippen LogP contribution in [0, 0.1) is 10.1 Å². The first kappa shape index (κ1) is 22.7. The fraction of sp³-hybridized carbons (Fsp3) is 0.208. The monoisotopic (exact) mass is 462 g/mol. The minimum absolute atomic E-state index is 0.0605. The Labute approximate surface area is 193 Å². The van der Waals surface area contributed by atoms with Crippen LogP contribution < -0.4 is 16.6 Å². The van der Waals surface area contributed by atoms with Gasteiger partial charge in [-0.1, -0.05) is 24.3 Å². The molecule has 0 fully saturated rings. The van der Waals surface area contributed by atoms with Gasteiger partial charge in [-0.3, -0.25) is 28.8 Å². The highest BCUT2D eigenvalue weighted by Gasteiger charge is 2.15. The minimum Gasteiger partial charge on any atom is -0.467 e. The van der Waals surface area contributed by atoms with E-state index in [1.807, 2.05) is 0 Å². The average Bonchev–Trinajstić information content (AvgIpc) is 3.36. The zero-order valence-electron chi connectivity index (χ0n) is 18.2. The molecule has 2 aromatic carbocycles. The van der Waals surface area contributed by atoms with E-state index >= 15 is 0 Å². The number of furan rings is 1. The van der Waals surface area contributed by atoms with Crippen molar-refractivity contribution in [2.24, 2.45) is 0 Å². The number of nitrogens with one attached hydrogen (secondary N) is 1. The first-order valence-corrected chi connectivity index (χ1v) is 10.7. The Balaban J connectivity index is 1.57. The molecule has 4 aromatic rings. The highest BCUT2D eigenvalue weighted by molar-refractivity contribution is 5.78. The Morgan fingerprint density at radius 3 is 2.62 bits per heavy atom. The number of aromatic nitrogens is 2. The number of para-hydroxylation sites is 1. The lowest BCUT2D eigenvalue weighted by atomic mass is 10.2. The van der Waals surface area contributed by atoms with E-state index in [2.05, 4.69) is 5.32 Å². The third kappa shape index (κ3) is 4.96. The molecule has 4 rings (SSSR count). The van der Waals surface area contributed by atoms with E-state index in [1.165, 1.54) is 23.0 Å². The number of rotatable bonds is 9. The molecule has 2 aromatic heterocycles. The van der Waals surface area contributed by atoms with Crippen molar-refractivity contribution in [1.82, 2.24) is 14.5 Å². The molecule has 10 nitrogen and oxygen atoms in total. The van der Waals surface area contributed by atoms with Gasteiger partial charge >= 0.3 is 5.69 Å². The van der Waals surface area contributed by atoms with Crippen molar-refractivity contribution >= 4 is 22.5 Å². The second-order valence-electron chi connectivity index (χ2n) is 7.73. The second-order valence-corrected chi connectivity index (χ2v) is 7.73. The molecule has 0 unspecified atom stereocenters. The molecular weight excluding hydrogens is 440 g/mol. The molecule has 0 saturated heterocycles. The fourth-order valence-corrected chi connectivity index (χ4v) is 3.76. The van der Waals surface area contributed by atoms with Gasteiger partial charge in [-0.15, -0.1) is 0 Å². The molecule has 1 amide bonds. The maximum atomic E-state index is 13.3. The first-order chi connectivity index (χ1) is 16.4. The average molecular weight is 462 g/mol. The van der Waals surface area contributed by atoms with Crippen molar-refractivity contribution in [3.05, 3.63) is 109 Å². The predicted molar refractivity (Wildman–Crippen MR) is 124 cm³/mol. The molecule has 0 aliphatic heterocycles. The number of nitrogens with zero attached hydrogens (tertiary/aromatic N) is 3. The number of carbonyl (C=O) groups excluding carboxylic acids is 1. The van der Waals surface area contributed by atoms with E-state index in [0.717, 1.165) is 4.57 Å². The van der Waals surface area contributed by atoms with Crippen LogP contribution in [0.4, 0.5) is 5.69 Å². The Morgan fingerprint density at radius 1 is 1.03 bits per heavy atom. The van der Waals surface area contributed by atoms with Gasteiger partial charge in [0.05, 0.1) is 35.2 Å². The van der Waals surface area contributed by atoms with Crippen LogP contribution in [0.1, 0.15) is 24.2 Å². The minimum atomic E-state index is -0.536. The van der Waals surface area contributed by atoms with Gasteiger partial charge < -0.3 is 9.73 Å². The Kier molecular flexibility index (Phi) is 6.67. The Bertz CT molecular complexity index is 1450. The highest BCUT2D eigenvalue weighted by atomic mass is 16.6. The molecule has 1 N–H and O–H groups in total. The molecule has 0 atom stereocenters. The number of fused-ring (bicyclic) bond motifs is 1. The molecule has 0 bridgehead atoms. The quantitative estimate of drug-likeness (QED) is 0.301. The number of non-ortho nitro benzene ring substituents is 1. The number of nitro benzene ring substituents is 1. The molecule has 0 aliphatic carbocycles. The lowest BCUT2D eigenvalue weighted by Gasteiger charge is -2.14. The van der Waals surface area contributed by atoms with Gasteiger partial charge in [0.15, 0.2) is 0 Å². The largest absolute Gasteiger partial charge is 0.467 e.